The van der Waals surface area contributed by atoms with E-state index in [2.05, 4.69) is 0 Å². The highest BCUT2D eigenvalue weighted by Gasteiger charge is 2.09. The largest absolute Gasteiger partial charge is 0.550 e. The number of benzene rings is 2. The van der Waals surface area contributed by atoms with Crippen LogP contribution in [0, 0.1) is 0 Å². The van der Waals surface area contributed by atoms with Gasteiger partial charge in [0.2, 0.25) is 0 Å². The third kappa shape index (κ3) is 2.10. The molecule has 1 aromatic heterocycles. The summed E-state index contributed by atoms with van der Waals surface area (Å²) in [5.41, 5.74) is 2.80. The summed E-state index contributed by atoms with van der Waals surface area (Å²) in [5, 5.41) is 11.8. The fourth-order valence-electron chi connectivity index (χ4n) is 2.35. The van der Waals surface area contributed by atoms with E-state index in [1.165, 1.54) is 0 Å². The Labute approximate surface area is 110 Å². The van der Waals surface area contributed by atoms with E-state index in [0.717, 1.165) is 22.2 Å². The summed E-state index contributed by atoms with van der Waals surface area (Å²) in [4.78, 5) is 10.8. The molecule has 3 nitrogen and oxygen atoms in total. The molecule has 19 heavy (non-hydrogen) atoms. The smallest absolute Gasteiger partial charge is 0.0531 e. The Hall–Kier alpha value is -2.55. The van der Waals surface area contributed by atoms with Gasteiger partial charge >= 0.3 is 0 Å². The van der Waals surface area contributed by atoms with Crippen molar-refractivity contribution in [2.45, 2.75) is 6.42 Å². The van der Waals surface area contributed by atoms with Crippen molar-refractivity contribution in [2.24, 2.45) is 0 Å². The second kappa shape index (κ2) is 4.61. The molecule has 0 aliphatic heterocycles. The van der Waals surface area contributed by atoms with E-state index < -0.39 is 5.97 Å². The molecule has 1 heterocycles. The summed E-state index contributed by atoms with van der Waals surface area (Å²) in [6.07, 6.45) is 1.80. The van der Waals surface area contributed by atoms with Crippen LogP contribution >= 0.6 is 0 Å². The number of carboxylic acid groups (broad SMARTS) is 1. The third-order valence-corrected chi connectivity index (χ3v) is 3.16. The van der Waals surface area contributed by atoms with Crippen LogP contribution in [0.3, 0.4) is 0 Å². The van der Waals surface area contributed by atoms with Crippen molar-refractivity contribution in [3.8, 4) is 5.69 Å². The summed E-state index contributed by atoms with van der Waals surface area (Å²) in [7, 11) is 0. The van der Waals surface area contributed by atoms with Gasteiger partial charge in [-0.15, -0.1) is 0 Å². The minimum Gasteiger partial charge on any atom is -0.550 e. The molecule has 0 saturated carbocycles. The SMILES string of the molecule is O=C([O-])Cc1cn(-c2ccccc2)c2ccccc12. The molecule has 3 rings (SSSR count). The number of hydrogen-bond donors (Lipinski definition) is 0. The van der Waals surface area contributed by atoms with E-state index in [4.69, 9.17) is 0 Å². The lowest BCUT2D eigenvalue weighted by Crippen LogP contribution is -2.24. The number of nitrogens with zero attached hydrogens (tertiary/aromatic N) is 1. The molecule has 0 N–H and O–H groups in total. The fourth-order valence-corrected chi connectivity index (χ4v) is 2.35. The minimum atomic E-state index is -1.06. The first-order chi connectivity index (χ1) is 9.25. The maximum absolute atomic E-state index is 10.8. The first-order valence-electron chi connectivity index (χ1n) is 6.10. The van der Waals surface area contributed by atoms with Crippen LogP contribution in [0.25, 0.3) is 16.6 Å². The van der Waals surface area contributed by atoms with Crippen molar-refractivity contribution in [3.63, 3.8) is 0 Å². The number of carbonyl (C=O) groups excluding carboxylic acids is 1. The third-order valence-electron chi connectivity index (χ3n) is 3.16. The van der Waals surface area contributed by atoms with Gasteiger partial charge in [0.05, 0.1) is 5.52 Å². The van der Waals surface area contributed by atoms with Gasteiger partial charge in [0.25, 0.3) is 0 Å². The lowest BCUT2D eigenvalue weighted by Gasteiger charge is -2.04. The van der Waals surface area contributed by atoms with Gasteiger partial charge in [0.15, 0.2) is 0 Å². The average molecular weight is 250 g/mol. The molecule has 94 valence electrons. The number of aliphatic carboxylic acids is 1. The van der Waals surface area contributed by atoms with Crippen LogP contribution in [-0.2, 0) is 11.2 Å². The topological polar surface area (TPSA) is 45.1 Å². The zero-order valence-electron chi connectivity index (χ0n) is 10.2. The number of hydrogen-bond acceptors (Lipinski definition) is 2. The Morgan fingerprint density at radius 2 is 1.68 bits per heavy atom. The maximum atomic E-state index is 10.8. The fraction of sp³-hybridized carbons (Fsp3) is 0.0625. The van der Waals surface area contributed by atoms with Crippen LogP contribution in [0.5, 0.6) is 0 Å². The van der Waals surface area contributed by atoms with Gasteiger partial charge in [-0.1, -0.05) is 36.4 Å². The molecule has 3 aromatic rings. The van der Waals surface area contributed by atoms with Crippen LogP contribution in [-0.4, -0.2) is 10.5 Å². The number of carboxylic acids is 1. The number of rotatable bonds is 3. The van der Waals surface area contributed by atoms with E-state index >= 15 is 0 Å². The van der Waals surface area contributed by atoms with Crippen molar-refractivity contribution in [3.05, 3.63) is 66.4 Å². The monoisotopic (exact) mass is 250 g/mol. The molecule has 0 amide bonds. The molecule has 0 fully saturated rings. The van der Waals surface area contributed by atoms with Gasteiger partial charge in [-0.3, -0.25) is 0 Å². The van der Waals surface area contributed by atoms with Crippen LogP contribution < -0.4 is 5.11 Å². The van der Waals surface area contributed by atoms with E-state index in [0.29, 0.717) is 0 Å². The Morgan fingerprint density at radius 1 is 1.00 bits per heavy atom. The number of fused-ring (bicyclic) bond motifs is 1. The standard InChI is InChI=1S/C16H13NO2/c18-16(19)10-12-11-17(13-6-2-1-3-7-13)15-9-5-4-8-14(12)15/h1-9,11H,10H2,(H,18,19)/p-1. The van der Waals surface area contributed by atoms with E-state index in [-0.39, 0.29) is 6.42 Å². The number of carbonyl (C=O) groups is 1. The second-order valence-electron chi connectivity index (χ2n) is 4.43. The molecule has 0 spiro atoms. The molecule has 3 heteroatoms. The van der Waals surface area contributed by atoms with Crippen molar-refractivity contribution in [1.29, 1.82) is 0 Å². The van der Waals surface area contributed by atoms with Gasteiger partial charge < -0.3 is 14.5 Å². The molecule has 0 atom stereocenters. The summed E-state index contributed by atoms with van der Waals surface area (Å²) in [6.45, 7) is 0. The van der Waals surface area contributed by atoms with E-state index in [1.807, 2.05) is 65.4 Å². The van der Waals surface area contributed by atoms with Crippen molar-refractivity contribution < 1.29 is 9.90 Å². The lowest BCUT2D eigenvalue weighted by molar-refractivity contribution is -0.304. The zero-order valence-corrected chi connectivity index (χ0v) is 10.2. The lowest BCUT2D eigenvalue weighted by atomic mass is 10.1. The van der Waals surface area contributed by atoms with Crippen LogP contribution in [0.4, 0.5) is 0 Å². The van der Waals surface area contributed by atoms with Gasteiger partial charge in [0.1, 0.15) is 0 Å². The minimum absolute atomic E-state index is 0.0691. The highest BCUT2D eigenvalue weighted by Crippen LogP contribution is 2.24. The van der Waals surface area contributed by atoms with E-state index in [9.17, 15) is 9.90 Å². The van der Waals surface area contributed by atoms with Gasteiger partial charge in [-0.25, -0.2) is 0 Å². The molecule has 0 aliphatic rings. The summed E-state index contributed by atoms with van der Waals surface area (Å²) in [5.74, 6) is -1.06. The first-order valence-corrected chi connectivity index (χ1v) is 6.10. The van der Waals surface area contributed by atoms with Crippen LogP contribution in [0.1, 0.15) is 5.56 Å². The summed E-state index contributed by atoms with van der Waals surface area (Å²) < 4.78 is 2.01. The van der Waals surface area contributed by atoms with Crippen LogP contribution in [0.15, 0.2) is 60.8 Å². The second-order valence-corrected chi connectivity index (χ2v) is 4.43. The quantitative estimate of drug-likeness (QED) is 0.713. The van der Waals surface area contributed by atoms with E-state index in [1.54, 1.807) is 0 Å². The molecule has 0 aliphatic carbocycles. The first kappa shape index (κ1) is 11.5. The predicted molar refractivity (Wildman–Crippen MR) is 72.0 cm³/mol. The average Bonchev–Trinajstić information content (AvgIpc) is 2.78. The Kier molecular flexibility index (Phi) is 2.80. The molecule has 0 unspecified atom stereocenters. The number of para-hydroxylation sites is 2. The molecule has 0 saturated heterocycles. The number of aromatic nitrogens is 1. The highest BCUT2D eigenvalue weighted by molar-refractivity contribution is 5.88. The summed E-state index contributed by atoms with van der Waals surface area (Å²) in [6, 6.07) is 17.7. The molecule has 2 aromatic carbocycles. The van der Waals surface area contributed by atoms with Crippen molar-refractivity contribution in [2.75, 3.05) is 0 Å². The Bertz CT molecular complexity index is 729. The predicted octanol–water partition coefficient (Wildman–Crippen LogP) is 1.92. The highest BCUT2D eigenvalue weighted by atomic mass is 16.4. The Morgan fingerprint density at radius 3 is 2.42 bits per heavy atom. The van der Waals surface area contributed by atoms with Gasteiger partial charge in [0, 0.05) is 29.7 Å². The van der Waals surface area contributed by atoms with Crippen molar-refractivity contribution >= 4 is 16.9 Å². The maximum Gasteiger partial charge on any atom is 0.0531 e. The van der Waals surface area contributed by atoms with Crippen LogP contribution in [0.2, 0.25) is 0 Å². The van der Waals surface area contributed by atoms with Crippen molar-refractivity contribution in [1.82, 2.24) is 4.57 Å². The molecule has 0 bridgehead atoms. The summed E-state index contributed by atoms with van der Waals surface area (Å²) >= 11 is 0. The van der Waals surface area contributed by atoms with Gasteiger partial charge in [-0.2, -0.15) is 0 Å². The molecular weight excluding hydrogens is 238 g/mol. The normalized spacial score (nSPS) is 10.7. The molecular formula is C16H12NO2-. The zero-order chi connectivity index (χ0) is 13.2. The van der Waals surface area contributed by atoms with Gasteiger partial charge in [-0.05, 0) is 23.8 Å². The molecule has 0 radical (unpaired) electrons. The Balaban J connectivity index is 2.23.